The predicted molar refractivity (Wildman–Crippen MR) is 91.1 cm³/mol. The SMILES string of the molecule is C[N+]1(CCSC2S[C@@H]3[C@@H](CCO)C(=O)N3C2C(=O)O)CCCC1. The number of carboxylic acid groups (broad SMARTS) is 1. The van der Waals surface area contributed by atoms with Gasteiger partial charge in [-0.05, 0) is 6.42 Å². The van der Waals surface area contributed by atoms with Gasteiger partial charge in [0.1, 0.15) is 0 Å². The first kappa shape index (κ1) is 17.4. The minimum Gasteiger partial charge on any atom is -0.480 e. The molecule has 2 unspecified atom stereocenters. The van der Waals surface area contributed by atoms with E-state index in [-0.39, 0.29) is 28.4 Å². The van der Waals surface area contributed by atoms with Gasteiger partial charge in [-0.15, -0.1) is 23.5 Å². The number of likely N-dealkylation sites (tertiary alicyclic amines) is 1. The van der Waals surface area contributed by atoms with Gasteiger partial charge >= 0.3 is 5.97 Å². The van der Waals surface area contributed by atoms with Gasteiger partial charge in [-0.25, -0.2) is 4.79 Å². The molecule has 3 fully saturated rings. The van der Waals surface area contributed by atoms with Crippen molar-refractivity contribution in [2.24, 2.45) is 5.92 Å². The Bertz CT molecular complexity index is 484. The van der Waals surface area contributed by atoms with Crippen molar-refractivity contribution < 1.29 is 24.3 Å². The van der Waals surface area contributed by atoms with Crippen molar-refractivity contribution in [2.45, 2.75) is 35.3 Å². The van der Waals surface area contributed by atoms with Gasteiger partial charge < -0.3 is 19.6 Å². The maximum atomic E-state index is 12.2. The molecule has 130 valence electrons. The number of nitrogens with zero attached hydrogens (tertiary/aromatic N) is 2. The average Bonchev–Trinajstić information content (AvgIpc) is 3.07. The van der Waals surface area contributed by atoms with Crippen molar-refractivity contribution in [1.29, 1.82) is 0 Å². The highest BCUT2D eigenvalue weighted by atomic mass is 32.2. The molecule has 0 saturated carbocycles. The normalized spacial score (nSPS) is 35.2. The maximum absolute atomic E-state index is 12.2. The van der Waals surface area contributed by atoms with E-state index < -0.39 is 12.0 Å². The molecule has 4 atom stereocenters. The van der Waals surface area contributed by atoms with Crippen molar-refractivity contribution in [3.8, 4) is 0 Å². The summed E-state index contributed by atoms with van der Waals surface area (Å²) in [6.45, 7) is 3.47. The summed E-state index contributed by atoms with van der Waals surface area (Å²) in [4.78, 5) is 25.3. The number of aliphatic hydroxyl groups is 1. The summed E-state index contributed by atoms with van der Waals surface area (Å²) in [6.07, 6.45) is 3.00. The molecule has 0 aliphatic carbocycles. The fraction of sp³-hybridized carbons (Fsp3) is 0.867. The molecular formula is C15H25N2O4S2+. The molecule has 0 bridgehead atoms. The number of carbonyl (C=O) groups excluding carboxylic acids is 1. The fourth-order valence-electron chi connectivity index (χ4n) is 3.83. The summed E-state index contributed by atoms with van der Waals surface area (Å²) >= 11 is 3.28. The summed E-state index contributed by atoms with van der Waals surface area (Å²) in [6, 6.07) is -0.721. The lowest BCUT2D eigenvalue weighted by molar-refractivity contribution is -0.895. The van der Waals surface area contributed by atoms with Crippen molar-refractivity contribution in [2.75, 3.05) is 39.0 Å². The number of carbonyl (C=O) groups is 2. The minimum atomic E-state index is -0.908. The number of carboxylic acids is 1. The molecule has 3 rings (SSSR count). The third kappa shape index (κ3) is 3.23. The second kappa shape index (κ2) is 6.82. The van der Waals surface area contributed by atoms with Crippen LogP contribution in [0.4, 0.5) is 0 Å². The zero-order valence-corrected chi connectivity index (χ0v) is 15.0. The third-order valence-corrected chi connectivity index (χ3v) is 8.38. The standard InChI is InChI=1S/C15H24N2O4S2/c1-17(5-2-3-6-17)7-9-22-15-11(14(20)21)16-12(19)10(4-8-18)13(16)23-15/h10-11,13,15,18H,2-9H2,1H3/p+1/t10-,11?,13+,15?/m0/s1. The number of thioether (sulfide) groups is 2. The molecule has 3 aliphatic rings. The summed E-state index contributed by atoms with van der Waals surface area (Å²) < 4.78 is 0.987. The topological polar surface area (TPSA) is 77.8 Å². The molecule has 0 spiro atoms. The summed E-state index contributed by atoms with van der Waals surface area (Å²) in [5.74, 6) is -0.293. The number of aliphatic hydroxyl groups excluding tert-OH is 1. The van der Waals surface area contributed by atoms with E-state index in [0.29, 0.717) is 6.42 Å². The molecule has 2 N–H and O–H groups in total. The monoisotopic (exact) mass is 361 g/mol. The summed E-state index contributed by atoms with van der Waals surface area (Å²) in [5, 5.41) is 18.5. The van der Waals surface area contributed by atoms with Gasteiger partial charge in [-0.3, -0.25) is 4.79 Å². The smallest absolute Gasteiger partial charge is 0.328 e. The lowest BCUT2D eigenvalue weighted by atomic mass is 9.93. The Morgan fingerprint density at radius 3 is 2.74 bits per heavy atom. The molecule has 6 nitrogen and oxygen atoms in total. The van der Waals surface area contributed by atoms with E-state index in [1.807, 2.05) is 0 Å². The first-order chi connectivity index (χ1) is 11.0. The molecule has 8 heteroatoms. The Kier molecular flexibility index (Phi) is 5.15. The lowest BCUT2D eigenvalue weighted by Gasteiger charge is -2.43. The van der Waals surface area contributed by atoms with E-state index in [0.717, 1.165) is 16.8 Å². The van der Waals surface area contributed by atoms with Gasteiger partial charge in [0.05, 0.1) is 42.6 Å². The maximum Gasteiger partial charge on any atom is 0.328 e. The van der Waals surface area contributed by atoms with Crippen molar-refractivity contribution in [3.63, 3.8) is 0 Å². The molecular weight excluding hydrogens is 336 g/mol. The van der Waals surface area contributed by atoms with E-state index >= 15 is 0 Å². The minimum absolute atomic E-state index is 0.0211. The first-order valence-corrected chi connectivity index (χ1v) is 10.2. The molecule has 0 radical (unpaired) electrons. The van der Waals surface area contributed by atoms with Crippen LogP contribution < -0.4 is 0 Å². The Morgan fingerprint density at radius 2 is 2.13 bits per heavy atom. The quantitative estimate of drug-likeness (QED) is 0.512. The highest BCUT2D eigenvalue weighted by molar-refractivity contribution is 8.17. The molecule has 0 aromatic heterocycles. The van der Waals surface area contributed by atoms with Crippen molar-refractivity contribution in [1.82, 2.24) is 4.90 Å². The first-order valence-electron chi connectivity index (χ1n) is 8.23. The molecule has 3 heterocycles. The molecule has 23 heavy (non-hydrogen) atoms. The predicted octanol–water partition coefficient (Wildman–Crippen LogP) is 0.653. The fourth-order valence-corrected chi connectivity index (χ4v) is 7.46. The molecule has 3 aliphatic heterocycles. The van der Waals surface area contributed by atoms with Gasteiger partial charge in [0.2, 0.25) is 5.91 Å². The van der Waals surface area contributed by atoms with Crippen LogP contribution in [0.1, 0.15) is 19.3 Å². The zero-order valence-electron chi connectivity index (χ0n) is 13.4. The van der Waals surface area contributed by atoms with E-state index in [1.165, 1.54) is 30.8 Å². The average molecular weight is 362 g/mol. The van der Waals surface area contributed by atoms with Crippen LogP contribution in [-0.4, -0.2) is 86.5 Å². The molecule has 0 aromatic rings. The van der Waals surface area contributed by atoms with Crippen molar-refractivity contribution in [3.05, 3.63) is 0 Å². The van der Waals surface area contributed by atoms with E-state index in [9.17, 15) is 14.7 Å². The van der Waals surface area contributed by atoms with E-state index in [1.54, 1.807) is 23.5 Å². The van der Waals surface area contributed by atoms with Crippen LogP contribution in [0.3, 0.4) is 0 Å². The van der Waals surface area contributed by atoms with Crippen LogP contribution in [-0.2, 0) is 9.59 Å². The largest absolute Gasteiger partial charge is 0.480 e. The number of aliphatic carboxylic acids is 1. The van der Waals surface area contributed by atoms with Gasteiger partial charge in [-0.1, -0.05) is 0 Å². The zero-order chi connectivity index (χ0) is 16.6. The van der Waals surface area contributed by atoms with Crippen LogP contribution in [0.2, 0.25) is 0 Å². The van der Waals surface area contributed by atoms with Crippen LogP contribution in [0.15, 0.2) is 0 Å². The number of β-lactam (4-membered cyclic amide) rings is 1. The number of fused-ring (bicyclic) bond motifs is 1. The number of hydrogen-bond acceptors (Lipinski definition) is 5. The molecule has 1 amide bonds. The Labute approximate surface area is 145 Å². The second-order valence-electron chi connectivity index (χ2n) is 6.91. The number of hydrogen-bond donors (Lipinski definition) is 2. The Morgan fingerprint density at radius 1 is 1.43 bits per heavy atom. The van der Waals surface area contributed by atoms with Crippen LogP contribution in [0.5, 0.6) is 0 Å². The summed E-state index contributed by atoms with van der Waals surface area (Å²) in [7, 11) is 2.28. The highest BCUT2D eigenvalue weighted by Crippen LogP contribution is 2.52. The third-order valence-electron chi connectivity index (χ3n) is 5.27. The van der Waals surface area contributed by atoms with Gasteiger partial charge in [0.25, 0.3) is 0 Å². The Hall–Kier alpha value is -0.440. The van der Waals surface area contributed by atoms with E-state index in [2.05, 4.69) is 7.05 Å². The second-order valence-corrected chi connectivity index (χ2v) is 9.72. The number of rotatable bonds is 7. The Balaban J connectivity index is 1.58. The summed E-state index contributed by atoms with van der Waals surface area (Å²) in [5.41, 5.74) is 0. The van der Waals surface area contributed by atoms with E-state index in [4.69, 9.17) is 5.11 Å². The van der Waals surface area contributed by atoms with Gasteiger partial charge in [0, 0.05) is 25.2 Å². The molecule has 0 aromatic carbocycles. The number of quaternary nitrogens is 1. The molecule has 3 saturated heterocycles. The number of amides is 1. The van der Waals surface area contributed by atoms with Crippen LogP contribution in [0.25, 0.3) is 0 Å². The van der Waals surface area contributed by atoms with Crippen LogP contribution in [0, 0.1) is 5.92 Å². The van der Waals surface area contributed by atoms with Crippen LogP contribution >= 0.6 is 23.5 Å². The van der Waals surface area contributed by atoms with Gasteiger partial charge in [-0.2, -0.15) is 0 Å². The highest BCUT2D eigenvalue weighted by Gasteiger charge is 2.60. The lowest BCUT2D eigenvalue weighted by Crippen LogP contribution is -2.61. The van der Waals surface area contributed by atoms with Crippen molar-refractivity contribution >= 4 is 35.4 Å². The van der Waals surface area contributed by atoms with Gasteiger partial charge in [0.15, 0.2) is 6.04 Å².